The van der Waals surface area contributed by atoms with Gasteiger partial charge in [-0.2, -0.15) is 5.10 Å². The molecule has 0 unspecified atom stereocenters. The number of amides is 1. The van der Waals surface area contributed by atoms with Gasteiger partial charge in [0.2, 0.25) is 5.91 Å². The summed E-state index contributed by atoms with van der Waals surface area (Å²) < 4.78 is 2.61. The minimum Gasteiger partial charge on any atom is -0.324 e. The molecule has 1 heterocycles. The van der Waals surface area contributed by atoms with Crippen LogP contribution in [0.4, 0.5) is 5.69 Å². The van der Waals surface area contributed by atoms with E-state index in [1.807, 2.05) is 26.0 Å². The molecule has 1 aromatic heterocycles. The maximum atomic E-state index is 11.9. The van der Waals surface area contributed by atoms with Gasteiger partial charge in [-0.25, -0.2) is 0 Å². The van der Waals surface area contributed by atoms with Gasteiger partial charge in [-0.1, -0.05) is 15.9 Å². The van der Waals surface area contributed by atoms with Crippen LogP contribution in [0.2, 0.25) is 0 Å². The van der Waals surface area contributed by atoms with E-state index in [2.05, 4.69) is 26.3 Å². The van der Waals surface area contributed by atoms with E-state index >= 15 is 0 Å². The van der Waals surface area contributed by atoms with E-state index in [0.29, 0.717) is 0 Å². The van der Waals surface area contributed by atoms with Crippen LogP contribution in [0.3, 0.4) is 0 Å². The van der Waals surface area contributed by atoms with Crippen molar-refractivity contribution < 1.29 is 4.79 Å². The van der Waals surface area contributed by atoms with Gasteiger partial charge >= 0.3 is 0 Å². The van der Waals surface area contributed by atoms with Crippen molar-refractivity contribution in [3.63, 3.8) is 0 Å². The third-order valence-electron chi connectivity index (χ3n) is 2.63. The van der Waals surface area contributed by atoms with Crippen molar-refractivity contribution in [3.05, 3.63) is 46.2 Å². The number of anilines is 1. The zero-order chi connectivity index (χ0) is 13.1. The minimum atomic E-state index is -0.0766. The number of benzene rings is 1. The smallest absolute Gasteiger partial charge is 0.246 e. The molecule has 0 saturated carbocycles. The quantitative estimate of drug-likeness (QED) is 0.947. The highest BCUT2D eigenvalue weighted by Gasteiger charge is 2.09. The molecule has 5 heteroatoms. The van der Waals surface area contributed by atoms with Gasteiger partial charge in [-0.05, 0) is 43.2 Å². The molecule has 0 spiro atoms. The van der Waals surface area contributed by atoms with Gasteiger partial charge in [0.15, 0.2) is 0 Å². The fourth-order valence-electron chi connectivity index (χ4n) is 1.83. The van der Waals surface area contributed by atoms with Crippen LogP contribution in [0.5, 0.6) is 0 Å². The van der Waals surface area contributed by atoms with E-state index in [-0.39, 0.29) is 12.5 Å². The Morgan fingerprint density at radius 1 is 1.39 bits per heavy atom. The molecular formula is C13H14BrN3O. The molecule has 18 heavy (non-hydrogen) atoms. The van der Waals surface area contributed by atoms with Crippen molar-refractivity contribution in [2.75, 3.05) is 5.32 Å². The first-order valence-electron chi connectivity index (χ1n) is 5.60. The van der Waals surface area contributed by atoms with Gasteiger partial charge in [0.25, 0.3) is 0 Å². The number of hydrogen-bond donors (Lipinski definition) is 1. The predicted octanol–water partition coefficient (Wildman–Crippen LogP) is 2.90. The topological polar surface area (TPSA) is 46.9 Å². The monoisotopic (exact) mass is 307 g/mol. The molecule has 1 aromatic carbocycles. The molecule has 0 aliphatic rings. The molecule has 0 fully saturated rings. The zero-order valence-electron chi connectivity index (χ0n) is 10.3. The summed E-state index contributed by atoms with van der Waals surface area (Å²) in [6.07, 6.45) is 3.42. The third kappa shape index (κ3) is 2.98. The SMILES string of the molecule is Cc1cc(Br)cc(C)c1NC(=O)Cn1cccn1. The lowest BCUT2D eigenvalue weighted by molar-refractivity contribution is -0.116. The second-order valence-corrected chi connectivity index (χ2v) is 5.08. The molecule has 0 aliphatic carbocycles. The molecule has 1 N–H and O–H groups in total. The molecule has 0 aliphatic heterocycles. The van der Waals surface area contributed by atoms with Crippen molar-refractivity contribution in [2.24, 2.45) is 0 Å². The average molecular weight is 308 g/mol. The lowest BCUT2D eigenvalue weighted by Gasteiger charge is -2.12. The van der Waals surface area contributed by atoms with Crippen molar-refractivity contribution in [1.82, 2.24) is 9.78 Å². The van der Waals surface area contributed by atoms with Gasteiger partial charge in [-0.3, -0.25) is 9.48 Å². The average Bonchev–Trinajstić information content (AvgIpc) is 2.76. The van der Waals surface area contributed by atoms with Crippen molar-refractivity contribution in [1.29, 1.82) is 0 Å². The summed E-state index contributed by atoms with van der Waals surface area (Å²) in [7, 11) is 0. The number of nitrogens with zero attached hydrogens (tertiary/aromatic N) is 2. The van der Waals surface area contributed by atoms with Crippen LogP contribution in [0.25, 0.3) is 0 Å². The lowest BCUT2D eigenvalue weighted by atomic mass is 10.1. The fraction of sp³-hybridized carbons (Fsp3) is 0.231. The van der Waals surface area contributed by atoms with Crippen LogP contribution in [-0.4, -0.2) is 15.7 Å². The molecule has 4 nitrogen and oxygen atoms in total. The normalized spacial score (nSPS) is 10.4. The fourth-order valence-corrected chi connectivity index (χ4v) is 2.51. The summed E-state index contributed by atoms with van der Waals surface area (Å²) in [5, 5.41) is 6.93. The summed E-state index contributed by atoms with van der Waals surface area (Å²) >= 11 is 3.44. The van der Waals surface area contributed by atoms with Gasteiger partial charge in [0.05, 0.1) is 0 Å². The van der Waals surface area contributed by atoms with Gasteiger partial charge in [0, 0.05) is 22.6 Å². The molecule has 1 amide bonds. The number of aryl methyl sites for hydroxylation is 2. The van der Waals surface area contributed by atoms with Crippen LogP contribution >= 0.6 is 15.9 Å². The summed E-state index contributed by atoms with van der Waals surface area (Å²) in [5.41, 5.74) is 2.95. The highest BCUT2D eigenvalue weighted by atomic mass is 79.9. The highest BCUT2D eigenvalue weighted by molar-refractivity contribution is 9.10. The zero-order valence-corrected chi connectivity index (χ0v) is 11.9. The molecule has 0 bridgehead atoms. The van der Waals surface area contributed by atoms with Gasteiger partial charge in [0.1, 0.15) is 6.54 Å². The molecule has 2 rings (SSSR count). The largest absolute Gasteiger partial charge is 0.324 e. The summed E-state index contributed by atoms with van der Waals surface area (Å²) in [6, 6.07) is 5.76. The second-order valence-electron chi connectivity index (χ2n) is 4.17. The van der Waals surface area contributed by atoms with Crippen molar-refractivity contribution in [3.8, 4) is 0 Å². The molecule has 0 radical (unpaired) electrons. The third-order valence-corrected chi connectivity index (χ3v) is 3.08. The maximum absolute atomic E-state index is 11.9. The van der Waals surface area contributed by atoms with E-state index in [1.165, 1.54) is 0 Å². The molecular weight excluding hydrogens is 294 g/mol. The van der Waals surface area contributed by atoms with E-state index in [1.54, 1.807) is 23.1 Å². The molecule has 2 aromatic rings. The highest BCUT2D eigenvalue weighted by Crippen LogP contribution is 2.24. The van der Waals surface area contributed by atoms with Crippen LogP contribution in [0.15, 0.2) is 35.1 Å². The minimum absolute atomic E-state index is 0.0766. The number of halogens is 1. The van der Waals surface area contributed by atoms with E-state index in [0.717, 1.165) is 21.3 Å². The van der Waals surface area contributed by atoms with Gasteiger partial charge in [-0.15, -0.1) is 0 Å². The molecule has 0 atom stereocenters. The molecule has 94 valence electrons. The number of carbonyl (C=O) groups excluding carboxylic acids is 1. The standard InChI is InChI=1S/C13H14BrN3O/c1-9-6-11(14)7-10(2)13(9)16-12(18)8-17-5-3-4-15-17/h3-7H,8H2,1-2H3,(H,16,18). The Morgan fingerprint density at radius 3 is 2.61 bits per heavy atom. The first-order chi connectivity index (χ1) is 8.56. The Hall–Kier alpha value is -1.62. The summed E-state index contributed by atoms with van der Waals surface area (Å²) in [6.45, 7) is 4.17. The Morgan fingerprint density at radius 2 is 2.06 bits per heavy atom. The maximum Gasteiger partial charge on any atom is 0.246 e. The number of nitrogens with one attached hydrogen (secondary N) is 1. The Bertz CT molecular complexity index is 541. The first kappa shape index (κ1) is 12.8. The number of hydrogen-bond acceptors (Lipinski definition) is 2. The number of rotatable bonds is 3. The van der Waals surface area contributed by atoms with E-state index < -0.39 is 0 Å². The van der Waals surface area contributed by atoms with Gasteiger partial charge < -0.3 is 5.32 Å². The Kier molecular flexibility index (Phi) is 3.81. The molecule has 0 saturated heterocycles. The number of aromatic nitrogens is 2. The summed E-state index contributed by atoms with van der Waals surface area (Å²) in [4.78, 5) is 11.9. The van der Waals surface area contributed by atoms with Crippen molar-refractivity contribution >= 4 is 27.5 Å². The predicted molar refractivity (Wildman–Crippen MR) is 74.5 cm³/mol. The van der Waals surface area contributed by atoms with Crippen molar-refractivity contribution in [2.45, 2.75) is 20.4 Å². The second kappa shape index (κ2) is 5.35. The Balaban J connectivity index is 2.12. The lowest BCUT2D eigenvalue weighted by Crippen LogP contribution is -2.20. The van der Waals surface area contributed by atoms with E-state index in [9.17, 15) is 4.79 Å². The summed E-state index contributed by atoms with van der Waals surface area (Å²) in [5.74, 6) is -0.0766. The Labute approximate surface area is 114 Å². The van der Waals surface area contributed by atoms with Crippen LogP contribution < -0.4 is 5.32 Å². The van der Waals surface area contributed by atoms with Crippen LogP contribution in [-0.2, 0) is 11.3 Å². The number of carbonyl (C=O) groups is 1. The van der Waals surface area contributed by atoms with E-state index in [4.69, 9.17) is 0 Å². The van der Waals surface area contributed by atoms with Crippen LogP contribution in [0, 0.1) is 13.8 Å². The first-order valence-corrected chi connectivity index (χ1v) is 6.39. The van der Waals surface area contributed by atoms with Crippen LogP contribution in [0.1, 0.15) is 11.1 Å².